The van der Waals surface area contributed by atoms with Crippen molar-refractivity contribution in [3.05, 3.63) is 77.5 Å². The van der Waals surface area contributed by atoms with Crippen LogP contribution in [-0.4, -0.2) is 58.5 Å². The Balaban J connectivity index is 0.00000353. The number of morpholine rings is 1. The van der Waals surface area contributed by atoms with Crippen LogP contribution in [0.5, 0.6) is 11.6 Å². The lowest BCUT2D eigenvalue weighted by Crippen LogP contribution is -2.35. The number of carbonyl (C=O) groups is 1. The van der Waals surface area contributed by atoms with Crippen LogP contribution in [0.2, 0.25) is 0 Å². The standard InChI is InChI=1S/C27H25F3N4O4.ClH/c28-27(29,30)38-23-4-2-1-3-19(23)15-32-25(35)18-6-8-21-20(13-18)24(26(36)33-21)22-7-5-17(14-31-22)16-34-9-11-37-12-10-34;/h1-8,13-14,33,36H,9-12,15-16H2,(H,32,35);1H. The average molecular weight is 563 g/mol. The molecule has 1 aliphatic heterocycles. The van der Waals surface area contributed by atoms with Crippen LogP contribution >= 0.6 is 12.4 Å². The second-order valence-corrected chi connectivity index (χ2v) is 8.89. The number of fused-ring (bicyclic) bond motifs is 1. The average Bonchev–Trinajstić information content (AvgIpc) is 3.23. The summed E-state index contributed by atoms with van der Waals surface area (Å²) in [5.41, 5.74) is 3.09. The first kappa shape index (κ1) is 28.2. The quantitative estimate of drug-likeness (QED) is 0.293. The second-order valence-electron chi connectivity index (χ2n) is 8.89. The Morgan fingerprint density at radius 3 is 2.62 bits per heavy atom. The number of amides is 1. The number of halogens is 4. The highest BCUT2D eigenvalue weighted by Gasteiger charge is 2.32. The molecule has 0 bridgehead atoms. The summed E-state index contributed by atoms with van der Waals surface area (Å²) in [7, 11) is 0. The summed E-state index contributed by atoms with van der Waals surface area (Å²) in [6.45, 7) is 3.71. The third-order valence-corrected chi connectivity index (χ3v) is 6.27. The minimum atomic E-state index is -4.84. The highest BCUT2D eigenvalue weighted by Crippen LogP contribution is 2.36. The van der Waals surface area contributed by atoms with Crippen LogP contribution in [0.3, 0.4) is 0 Å². The van der Waals surface area contributed by atoms with Gasteiger partial charge in [-0.2, -0.15) is 0 Å². The summed E-state index contributed by atoms with van der Waals surface area (Å²) in [5.74, 6) is -0.949. The van der Waals surface area contributed by atoms with Gasteiger partial charge in [-0.05, 0) is 35.9 Å². The van der Waals surface area contributed by atoms with Gasteiger partial charge in [-0.1, -0.05) is 24.3 Å². The molecule has 4 aromatic rings. The fourth-order valence-electron chi connectivity index (χ4n) is 4.41. The molecule has 0 spiro atoms. The normalized spacial score (nSPS) is 14.1. The van der Waals surface area contributed by atoms with E-state index in [1.165, 1.54) is 18.2 Å². The number of pyridine rings is 1. The molecule has 2 aromatic carbocycles. The van der Waals surface area contributed by atoms with Crippen LogP contribution in [0.4, 0.5) is 13.2 Å². The fourth-order valence-corrected chi connectivity index (χ4v) is 4.41. The Bertz CT molecular complexity index is 1440. The molecule has 5 rings (SSSR count). The van der Waals surface area contributed by atoms with Gasteiger partial charge in [0.25, 0.3) is 5.91 Å². The summed E-state index contributed by atoms with van der Waals surface area (Å²) in [4.78, 5) is 22.6. The van der Waals surface area contributed by atoms with Gasteiger partial charge >= 0.3 is 6.36 Å². The maximum Gasteiger partial charge on any atom is 0.573 e. The summed E-state index contributed by atoms with van der Waals surface area (Å²) in [5, 5.41) is 13.8. The largest absolute Gasteiger partial charge is 0.573 e. The van der Waals surface area contributed by atoms with Crippen LogP contribution in [0.15, 0.2) is 60.8 Å². The number of benzene rings is 2. The first-order valence-corrected chi connectivity index (χ1v) is 12.0. The van der Waals surface area contributed by atoms with Crippen molar-refractivity contribution in [3.63, 3.8) is 0 Å². The van der Waals surface area contributed by atoms with E-state index >= 15 is 0 Å². The second kappa shape index (κ2) is 11.9. The lowest BCUT2D eigenvalue weighted by Gasteiger charge is -2.26. The van der Waals surface area contributed by atoms with Gasteiger partial charge in [0.05, 0.1) is 24.5 Å². The highest BCUT2D eigenvalue weighted by atomic mass is 35.5. The number of alkyl halides is 3. The minimum absolute atomic E-state index is 0. The number of aromatic nitrogens is 2. The lowest BCUT2D eigenvalue weighted by molar-refractivity contribution is -0.274. The van der Waals surface area contributed by atoms with Crippen molar-refractivity contribution in [2.24, 2.45) is 0 Å². The van der Waals surface area contributed by atoms with Crippen molar-refractivity contribution in [2.75, 3.05) is 26.3 Å². The third-order valence-electron chi connectivity index (χ3n) is 6.27. The van der Waals surface area contributed by atoms with Gasteiger partial charge in [0.15, 0.2) is 5.88 Å². The van der Waals surface area contributed by atoms with E-state index in [-0.39, 0.29) is 41.7 Å². The maximum atomic E-state index is 12.9. The Hall–Kier alpha value is -3.80. The van der Waals surface area contributed by atoms with Crippen LogP contribution < -0.4 is 10.1 Å². The maximum absolute atomic E-state index is 12.9. The van der Waals surface area contributed by atoms with E-state index in [2.05, 4.69) is 24.9 Å². The molecule has 1 aliphatic rings. The molecule has 0 unspecified atom stereocenters. The first-order valence-electron chi connectivity index (χ1n) is 12.0. The van der Waals surface area contributed by atoms with Gasteiger partial charge in [0, 0.05) is 54.4 Å². The van der Waals surface area contributed by atoms with Crippen LogP contribution in [-0.2, 0) is 17.8 Å². The van der Waals surface area contributed by atoms with Crippen molar-refractivity contribution in [1.29, 1.82) is 0 Å². The number of hydrogen-bond acceptors (Lipinski definition) is 6. The Kier molecular flexibility index (Phi) is 8.63. The lowest BCUT2D eigenvalue weighted by atomic mass is 10.1. The molecule has 3 N–H and O–H groups in total. The third kappa shape index (κ3) is 6.80. The zero-order valence-corrected chi connectivity index (χ0v) is 21.4. The van der Waals surface area contributed by atoms with Crippen molar-refractivity contribution in [1.82, 2.24) is 20.2 Å². The monoisotopic (exact) mass is 562 g/mol. The van der Waals surface area contributed by atoms with Crippen LogP contribution in [0.25, 0.3) is 22.2 Å². The number of carbonyl (C=O) groups excluding carboxylic acids is 1. The molecule has 206 valence electrons. The zero-order valence-electron chi connectivity index (χ0n) is 20.6. The van der Waals surface area contributed by atoms with Crippen LogP contribution in [0.1, 0.15) is 21.5 Å². The predicted octanol–water partition coefficient (Wildman–Crippen LogP) is 5.02. The molecule has 12 heteroatoms. The number of aromatic hydroxyl groups is 1. The molecular formula is C27H26ClF3N4O4. The van der Waals surface area contributed by atoms with Gasteiger partial charge in [0.1, 0.15) is 5.75 Å². The van der Waals surface area contributed by atoms with Crippen LogP contribution in [0, 0.1) is 0 Å². The predicted molar refractivity (Wildman–Crippen MR) is 141 cm³/mol. The summed E-state index contributed by atoms with van der Waals surface area (Å²) in [6, 6.07) is 14.2. The van der Waals surface area contributed by atoms with E-state index < -0.39 is 12.3 Å². The smallest absolute Gasteiger partial charge is 0.494 e. The number of H-pyrrole nitrogens is 1. The molecule has 1 amide bonds. The molecule has 2 aromatic heterocycles. The Morgan fingerprint density at radius 2 is 1.90 bits per heavy atom. The highest BCUT2D eigenvalue weighted by molar-refractivity contribution is 6.03. The topological polar surface area (TPSA) is 99.7 Å². The minimum Gasteiger partial charge on any atom is -0.494 e. The SMILES string of the molecule is Cl.O=C(NCc1ccccc1OC(F)(F)F)c1ccc2[nH]c(O)c(-c3ccc(CN4CCOCC4)cn3)c2c1. The van der Waals surface area contributed by atoms with Gasteiger partial charge in [0.2, 0.25) is 0 Å². The van der Waals surface area contributed by atoms with E-state index in [1.807, 2.05) is 12.1 Å². The van der Waals surface area contributed by atoms with Crippen molar-refractivity contribution >= 4 is 29.2 Å². The van der Waals surface area contributed by atoms with Crippen molar-refractivity contribution < 1.29 is 32.5 Å². The molecule has 0 saturated carbocycles. The molecule has 0 radical (unpaired) electrons. The van der Waals surface area contributed by atoms with E-state index in [0.717, 1.165) is 25.2 Å². The number of nitrogens with one attached hydrogen (secondary N) is 2. The van der Waals surface area contributed by atoms with Gasteiger partial charge in [-0.15, -0.1) is 25.6 Å². The van der Waals surface area contributed by atoms with Crippen molar-refractivity contribution in [3.8, 4) is 22.9 Å². The van der Waals surface area contributed by atoms with E-state index in [9.17, 15) is 23.1 Å². The summed E-state index contributed by atoms with van der Waals surface area (Å²) >= 11 is 0. The molecule has 8 nitrogen and oxygen atoms in total. The van der Waals surface area contributed by atoms with E-state index in [0.29, 0.717) is 35.4 Å². The van der Waals surface area contributed by atoms with Crippen molar-refractivity contribution in [2.45, 2.75) is 19.5 Å². The van der Waals surface area contributed by atoms with Gasteiger partial charge < -0.3 is 24.9 Å². The summed E-state index contributed by atoms with van der Waals surface area (Å²) < 4.78 is 47.5. The number of aromatic amines is 1. The molecular weight excluding hydrogens is 537 g/mol. The summed E-state index contributed by atoms with van der Waals surface area (Å²) in [6.07, 6.45) is -3.08. The molecule has 0 atom stereocenters. The van der Waals surface area contributed by atoms with E-state index in [1.54, 1.807) is 30.5 Å². The number of hydrogen-bond donors (Lipinski definition) is 3. The number of rotatable bonds is 7. The molecule has 39 heavy (non-hydrogen) atoms. The number of para-hydroxylation sites is 1. The zero-order chi connectivity index (χ0) is 26.7. The number of nitrogens with zero attached hydrogens (tertiary/aromatic N) is 2. The number of ether oxygens (including phenoxy) is 2. The Morgan fingerprint density at radius 1 is 1.13 bits per heavy atom. The Labute approximate surface area is 228 Å². The molecule has 1 fully saturated rings. The molecule has 0 aliphatic carbocycles. The fraction of sp³-hybridized carbons (Fsp3) is 0.259. The van der Waals surface area contributed by atoms with Gasteiger partial charge in [-0.3, -0.25) is 14.7 Å². The molecule has 1 saturated heterocycles. The first-order chi connectivity index (χ1) is 18.3. The molecule has 3 heterocycles. The van der Waals surface area contributed by atoms with E-state index in [4.69, 9.17) is 4.74 Å². The van der Waals surface area contributed by atoms with Gasteiger partial charge in [-0.25, -0.2) is 0 Å².